The van der Waals surface area contributed by atoms with Gasteiger partial charge >= 0.3 is 0 Å². The molecule has 0 unspecified atom stereocenters. The average Bonchev–Trinajstić information content (AvgIpc) is 2.43. The zero-order chi connectivity index (χ0) is 14.3. The number of para-hydroxylation sites is 1. The summed E-state index contributed by atoms with van der Waals surface area (Å²) in [4.78, 5) is 9.16. The molecule has 1 aromatic heterocycles. The van der Waals surface area contributed by atoms with Crippen LogP contribution in [0.1, 0.15) is 0 Å². The van der Waals surface area contributed by atoms with E-state index in [0.717, 1.165) is 11.0 Å². The van der Waals surface area contributed by atoms with Crippen molar-refractivity contribution >= 4 is 43.1 Å². The summed E-state index contributed by atoms with van der Waals surface area (Å²) in [6.45, 7) is 0. The van der Waals surface area contributed by atoms with Crippen molar-refractivity contribution in [2.75, 3.05) is 38.0 Å². The first-order chi connectivity index (χ1) is 9.58. The van der Waals surface area contributed by atoms with E-state index in [0.29, 0.717) is 0 Å². The molecule has 0 aliphatic carbocycles. The highest BCUT2D eigenvalue weighted by Crippen LogP contribution is 2.37. The number of anilines is 2. The molecule has 0 saturated carbocycles. The first-order valence-corrected chi connectivity index (χ1v) is 7.40. The van der Waals surface area contributed by atoms with Gasteiger partial charge in [-0.05, 0) is 12.1 Å². The second kappa shape index (κ2) is 6.00. The van der Waals surface area contributed by atoms with Crippen LogP contribution in [-0.4, -0.2) is 33.2 Å². The molecule has 0 atom stereocenters. The molecule has 0 fully saturated rings. The maximum atomic E-state index is 4.88. The van der Waals surface area contributed by atoms with Crippen LogP contribution in [0.5, 0.6) is 0 Å². The molecule has 0 amide bonds. The fraction of sp³-hybridized carbons (Fsp3) is 0.250. The van der Waals surface area contributed by atoms with Gasteiger partial charge in [-0.15, -0.1) is 0 Å². The summed E-state index contributed by atoms with van der Waals surface area (Å²) < 4.78 is 2.44. The summed E-state index contributed by atoms with van der Waals surface area (Å²) in [7, 11) is 8.28. The second-order valence-electron chi connectivity index (χ2n) is 5.25. The van der Waals surface area contributed by atoms with E-state index in [-0.39, 0.29) is 12.4 Å². The minimum absolute atomic E-state index is 0. The predicted octanol–water partition coefficient (Wildman–Crippen LogP) is 0.867. The lowest BCUT2D eigenvalue weighted by atomic mass is 10.2. The Morgan fingerprint density at radius 3 is 2.24 bits per heavy atom. The van der Waals surface area contributed by atoms with Gasteiger partial charge in [0, 0.05) is 40.3 Å². The molecule has 0 N–H and O–H groups in total. The number of nitrogens with zero attached hydrogens (tertiary/aromatic N) is 3. The summed E-state index contributed by atoms with van der Waals surface area (Å²) >= 11 is 1.80. The van der Waals surface area contributed by atoms with Crippen LogP contribution in [0, 0.1) is 0 Å². The molecule has 21 heavy (non-hydrogen) atoms. The maximum absolute atomic E-state index is 4.88. The second-order valence-corrected chi connectivity index (χ2v) is 6.33. The quantitative estimate of drug-likeness (QED) is 0.516. The Kier molecular flexibility index (Phi) is 4.49. The van der Waals surface area contributed by atoms with E-state index in [1.165, 1.54) is 20.8 Å². The summed E-state index contributed by atoms with van der Waals surface area (Å²) in [5.41, 5.74) is 4.50. The maximum Gasteiger partial charge on any atom is 0.259 e. The van der Waals surface area contributed by atoms with Gasteiger partial charge in [-0.25, -0.2) is 4.98 Å². The Bertz CT molecular complexity index is 787. The first-order valence-electron chi connectivity index (χ1n) is 6.58. The highest BCUT2D eigenvalue weighted by atomic mass is 35.5. The van der Waals surface area contributed by atoms with Gasteiger partial charge in [0.05, 0.1) is 11.4 Å². The van der Waals surface area contributed by atoms with Gasteiger partial charge in [-0.2, -0.15) is 0 Å². The van der Waals surface area contributed by atoms with Crippen molar-refractivity contribution in [1.29, 1.82) is 0 Å². The third-order valence-electron chi connectivity index (χ3n) is 3.34. The molecule has 5 heteroatoms. The van der Waals surface area contributed by atoms with E-state index in [1.807, 2.05) is 6.07 Å². The van der Waals surface area contributed by atoms with Crippen molar-refractivity contribution in [1.82, 2.24) is 4.98 Å². The Hall–Kier alpha value is -1.65. The molecule has 3 rings (SSSR count). The number of aromatic nitrogens is 1. The van der Waals surface area contributed by atoms with Crippen molar-refractivity contribution in [2.24, 2.45) is 0 Å². The van der Waals surface area contributed by atoms with Gasteiger partial charge in [-0.1, -0.05) is 12.1 Å². The van der Waals surface area contributed by atoms with Crippen LogP contribution in [0.3, 0.4) is 0 Å². The molecule has 0 spiro atoms. The van der Waals surface area contributed by atoms with E-state index < -0.39 is 0 Å². The van der Waals surface area contributed by atoms with Crippen LogP contribution in [0.4, 0.5) is 11.4 Å². The van der Waals surface area contributed by atoms with Crippen LogP contribution in [0.25, 0.3) is 20.4 Å². The van der Waals surface area contributed by atoms with Crippen LogP contribution in [0.15, 0.2) is 36.4 Å². The molecule has 3 aromatic rings. The Morgan fingerprint density at radius 2 is 1.57 bits per heavy atom. The first kappa shape index (κ1) is 15.7. The predicted molar refractivity (Wildman–Crippen MR) is 90.2 cm³/mol. The molecule has 0 saturated heterocycles. The smallest absolute Gasteiger partial charge is 0.259 e. The highest BCUT2D eigenvalue weighted by molar-refractivity contribution is 7.24. The largest absolute Gasteiger partial charge is 1.00 e. The third kappa shape index (κ3) is 2.74. The van der Waals surface area contributed by atoms with Gasteiger partial charge in [0.15, 0.2) is 5.52 Å². The van der Waals surface area contributed by atoms with Crippen molar-refractivity contribution in [2.45, 2.75) is 0 Å². The topological polar surface area (TPSA) is 19.4 Å². The number of fused-ring (bicyclic) bond motifs is 2. The Labute approximate surface area is 135 Å². The van der Waals surface area contributed by atoms with E-state index in [1.54, 1.807) is 11.3 Å². The molecule has 0 bridgehead atoms. The molecule has 110 valence electrons. The fourth-order valence-electron chi connectivity index (χ4n) is 2.42. The lowest BCUT2D eigenvalue weighted by Gasteiger charge is -2.22. The van der Waals surface area contributed by atoms with E-state index in [4.69, 9.17) is 4.98 Å². The zero-order valence-corrected chi connectivity index (χ0v) is 14.2. The minimum Gasteiger partial charge on any atom is -1.00 e. The molecule has 0 aliphatic heterocycles. The molecule has 1 heterocycles. The summed E-state index contributed by atoms with van der Waals surface area (Å²) in [6.07, 6.45) is 0. The number of hydrogen-bond donors (Lipinski definition) is 0. The monoisotopic (exact) mass is 319 g/mol. The van der Waals surface area contributed by atoms with Crippen molar-refractivity contribution < 1.29 is 12.4 Å². The molecular formula is C16H18ClN3S. The highest BCUT2D eigenvalue weighted by Gasteiger charge is 2.19. The van der Waals surface area contributed by atoms with E-state index in [2.05, 4.69) is 68.3 Å². The van der Waals surface area contributed by atoms with Gasteiger partial charge in [0.1, 0.15) is 5.52 Å². The average molecular weight is 320 g/mol. The fourth-order valence-corrected chi connectivity index (χ4v) is 3.39. The molecular weight excluding hydrogens is 302 g/mol. The molecule has 0 radical (unpaired) electrons. The van der Waals surface area contributed by atoms with Crippen LogP contribution in [0.2, 0.25) is 0 Å². The summed E-state index contributed by atoms with van der Waals surface area (Å²) in [5, 5.41) is 0. The number of hydrogen-bond acceptors (Lipinski definition) is 3. The van der Waals surface area contributed by atoms with E-state index in [9.17, 15) is 0 Å². The van der Waals surface area contributed by atoms with Crippen molar-refractivity contribution in [3.63, 3.8) is 0 Å². The van der Waals surface area contributed by atoms with Crippen LogP contribution < -0.4 is 22.2 Å². The Balaban J connectivity index is 0.00000161. The SMILES string of the molecule is CN(C)c1ccc2[s+]c3ccccc3nc2c1N(C)C.[Cl-]. The number of rotatable bonds is 2. The van der Waals surface area contributed by atoms with Crippen LogP contribution >= 0.6 is 11.3 Å². The molecule has 3 nitrogen and oxygen atoms in total. The lowest BCUT2D eigenvalue weighted by molar-refractivity contribution is -0.00000404. The number of halogens is 1. The van der Waals surface area contributed by atoms with Gasteiger partial charge in [-0.3, -0.25) is 0 Å². The Morgan fingerprint density at radius 1 is 0.857 bits per heavy atom. The normalized spacial score (nSPS) is 10.5. The minimum atomic E-state index is 0. The summed E-state index contributed by atoms with van der Waals surface area (Å²) in [5.74, 6) is 0. The lowest BCUT2D eigenvalue weighted by Crippen LogP contribution is -3.00. The summed E-state index contributed by atoms with van der Waals surface area (Å²) in [6, 6.07) is 12.6. The van der Waals surface area contributed by atoms with Gasteiger partial charge < -0.3 is 22.2 Å². The van der Waals surface area contributed by atoms with Gasteiger partial charge in [0.25, 0.3) is 9.40 Å². The van der Waals surface area contributed by atoms with E-state index >= 15 is 0 Å². The van der Waals surface area contributed by atoms with Gasteiger partial charge in [0.2, 0.25) is 11.3 Å². The molecule has 0 aliphatic rings. The standard InChI is InChI=1S/C16H18N3S.ClH/c1-18(2)12-9-10-14-15(16(12)19(3)4)17-11-7-5-6-8-13(11)20-14;/h5-10H,1-4H3;1H/q+1;/p-1. The van der Waals surface area contributed by atoms with Crippen molar-refractivity contribution in [3.8, 4) is 0 Å². The third-order valence-corrected chi connectivity index (χ3v) is 4.45. The van der Waals surface area contributed by atoms with Crippen LogP contribution in [-0.2, 0) is 0 Å². The molecule has 2 aromatic carbocycles. The zero-order valence-electron chi connectivity index (χ0n) is 12.6. The number of benzene rings is 2. The van der Waals surface area contributed by atoms with Crippen molar-refractivity contribution in [3.05, 3.63) is 36.4 Å².